The zero-order chi connectivity index (χ0) is 23.8. The second kappa shape index (κ2) is 9.16. The number of hydrogen-bond donors (Lipinski definition) is 1. The van der Waals surface area contributed by atoms with E-state index in [2.05, 4.69) is 15.9 Å². The molecule has 0 radical (unpaired) electrons. The predicted octanol–water partition coefficient (Wildman–Crippen LogP) is 5.60. The van der Waals surface area contributed by atoms with Crippen molar-refractivity contribution >= 4 is 29.1 Å². The van der Waals surface area contributed by atoms with Gasteiger partial charge in [-0.2, -0.15) is 0 Å². The van der Waals surface area contributed by atoms with Crippen LogP contribution in [-0.2, 0) is 6.54 Å². The lowest BCUT2D eigenvalue weighted by Crippen LogP contribution is -2.46. The van der Waals surface area contributed by atoms with Gasteiger partial charge < -0.3 is 14.7 Å². The number of Topliss-reactive ketones (excluding diaryl/α,β-unsaturated/α-hetero) is 1. The molecule has 0 unspecified atom stereocenters. The van der Waals surface area contributed by atoms with Crippen molar-refractivity contribution in [2.45, 2.75) is 20.4 Å². The fourth-order valence-electron chi connectivity index (χ4n) is 4.61. The summed E-state index contributed by atoms with van der Waals surface area (Å²) in [5.74, 6) is 0.802. The van der Waals surface area contributed by atoms with Gasteiger partial charge in [-0.3, -0.25) is 9.69 Å². The van der Waals surface area contributed by atoms with E-state index in [1.165, 1.54) is 0 Å². The van der Waals surface area contributed by atoms with Crippen molar-refractivity contribution in [3.8, 4) is 11.5 Å². The number of ketones is 1. The third kappa shape index (κ3) is 4.41. The second-order valence-corrected chi connectivity index (χ2v) is 9.43. The molecule has 0 bridgehead atoms. The minimum atomic E-state index is -0.139. The summed E-state index contributed by atoms with van der Waals surface area (Å²) in [4.78, 5) is 17.8. The van der Waals surface area contributed by atoms with Crippen LogP contribution in [0.15, 0.2) is 60.4 Å². The van der Waals surface area contributed by atoms with Crippen molar-refractivity contribution in [1.29, 1.82) is 0 Å². The van der Waals surface area contributed by atoms with Crippen LogP contribution >= 0.6 is 11.6 Å². The van der Waals surface area contributed by atoms with Gasteiger partial charge in [0.25, 0.3) is 0 Å². The summed E-state index contributed by atoms with van der Waals surface area (Å²) >= 11 is 6.15. The standard InChI is InChI=1S/C28H27ClN2O3/c1-18-6-8-20(9-7-18)15-25-27(33)26-19(2)14-24(32)23(28(26)34-25)17-30-10-12-31(13-11-30)22-5-3-4-21(29)16-22/h3-9,14-16,32H,10-13,17H2,1-2H3/b25-15-. The molecule has 0 aromatic heterocycles. The zero-order valence-electron chi connectivity index (χ0n) is 19.3. The van der Waals surface area contributed by atoms with Gasteiger partial charge in [-0.25, -0.2) is 0 Å². The first-order chi connectivity index (χ1) is 16.4. The Morgan fingerprint density at radius 2 is 1.76 bits per heavy atom. The normalized spacial score (nSPS) is 17.2. The number of fused-ring (bicyclic) bond motifs is 1. The van der Waals surface area contributed by atoms with E-state index in [1.54, 1.807) is 12.1 Å². The molecule has 0 aliphatic carbocycles. The minimum absolute atomic E-state index is 0.139. The number of piperazine rings is 1. The molecule has 1 N–H and O–H groups in total. The van der Waals surface area contributed by atoms with Gasteiger partial charge in [0.1, 0.15) is 11.5 Å². The molecule has 174 valence electrons. The Bertz CT molecular complexity index is 1280. The number of rotatable bonds is 4. The highest BCUT2D eigenvalue weighted by molar-refractivity contribution is 6.30. The number of phenolic OH excluding ortho intramolecular Hbond substituents is 1. The Balaban J connectivity index is 1.36. The molecule has 3 aromatic carbocycles. The van der Waals surface area contributed by atoms with Gasteiger partial charge in [0.2, 0.25) is 5.78 Å². The molecule has 2 aliphatic rings. The number of aromatic hydroxyl groups is 1. The Morgan fingerprint density at radius 1 is 1.03 bits per heavy atom. The molecule has 6 heteroatoms. The maximum atomic E-state index is 13.2. The second-order valence-electron chi connectivity index (χ2n) is 8.99. The molecular weight excluding hydrogens is 448 g/mol. The average Bonchev–Trinajstić information content (AvgIpc) is 3.15. The van der Waals surface area contributed by atoms with Crippen LogP contribution in [0, 0.1) is 13.8 Å². The summed E-state index contributed by atoms with van der Waals surface area (Å²) in [6, 6.07) is 17.5. The first kappa shape index (κ1) is 22.5. The summed E-state index contributed by atoms with van der Waals surface area (Å²) in [5, 5.41) is 11.5. The SMILES string of the molecule is Cc1ccc(/C=C2\Oc3c(CN4CCN(c5cccc(Cl)c5)CC4)c(O)cc(C)c3C2=O)cc1. The smallest absolute Gasteiger partial charge is 0.232 e. The zero-order valence-corrected chi connectivity index (χ0v) is 20.1. The number of phenols is 1. The summed E-state index contributed by atoms with van der Waals surface area (Å²) in [6.07, 6.45) is 1.77. The molecule has 5 rings (SSSR count). The molecule has 0 atom stereocenters. The molecule has 0 spiro atoms. The molecule has 34 heavy (non-hydrogen) atoms. The van der Waals surface area contributed by atoms with Crippen LogP contribution in [0.5, 0.6) is 11.5 Å². The summed E-state index contributed by atoms with van der Waals surface area (Å²) in [7, 11) is 0. The van der Waals surface area contributed by atoms with Gasteiger partial charge in [-0.15, -0.1) is 0 Å². The Labute approximate surface area is 204 Å². The number of carbonyl (C=O) groups is 1. The minimum Gasteiger partial charge on any atom is -0.507 e. The van der Waals surface area contributed by atoms with Crippen molar-refractivity contribution in [3.05, 3.63) is 93.2 Å². The van der Waals surface area contributed by atoms with Crippen molar-refractivity contribution < 1.29 is 14.6 Å². The average molecular weight is 475 g/mol. The van der Waals surface area contributed by atoms with E-state index in [9.17, 15) is 9.90 Å². The lowest BCUT2D eigenvalue weighted by molar-refractivity contribution is 0.101. The molecule has 0 amide bonds. The number of nitrogens with zero attached hydrogens (tertiary/aromatic N) is 2. The van der Waals surface area contributed by atoms with Crippen molar-refractivity contribution in [1.82, 2.24) is 4.90 Å². The first-order valence-corrected chi connectivity index (χ1v) is 11.9. The third-order valence-electron chi connectivity index (χ3n) is 6.52. The predicted molar refractivity (Wildman–Crippen MR) is 136 cm³/mol. The summed E-state index contributed by atoms with van der Waals surface area (Å²) < 4.78 is 6.09. The highest BCUT2D eigenvalue weighted by Gasteiger charge is 2.34. The van der Waals surface area contributed by atoms with E-state index in [4.69, 9.17) is 16.3 Å². The van der Waals surface area contributed by atoms with Crippen LogP contribution in [-0.4, -0.2) is 42.0 Å². The van der Waals surface area contributed by atoms with Gasteiger partial charge in [0.05, 0.1) is 11.1 Å². The van der Waals surface area contributed by atoms with Crippen LogP contribution in [0.4, 0.5) is 5.69 Å². The van der Waals surface area contributed by atoms with Crippen LogP contribution in [0.2, 0.25) is 5.02 Å². The quantitative estimate of drug-likeness (QED) is 0.499. The van der Waals surface area contributed by atoms with Gasteiger partial charge in [0, 0.05) is 43.4 Å². The third-order valence-corrected chi connectivity index (χ3v) is 6.76. The van der Waals surface area contributed by atoms with E-state index in [0.29, 0.717) is 29.2 Å². The van der Waals surface area contributed by atoms with Crippen molar-refractivity contribution in [3.63, 3.8) is 0 Å². The number of ether oxygens (including phenoxy) is 1. The van der Waals surface area contributed by atoms with Gasteiger partial charge in [-0.1, -0.05) is 47.5 Å². The molecular formula is C28H27ClN2O3. The largest absolute Gasteiger partial charge is 0.507 e. The number of aryl methyl sites for hydroxylation is 2. The Morgan fingerprint density at radius 3 is 2.47 bits per heavy atom. The van der Waals surface area contributed by atoms with Gasteiger partial charge in [-0.05, 0) is 55.3 Å². The lowest BCUT2D eigenvalue weighted by atomic mass is 9.99. The van der Waals surface area contributed by atoms with Crippen LogP contribution in [0.1, 0.15) is 32.6 Å². The maximum Gasteiger partial charge on any atom is 0.232 e. The molecule has 1 fully saturated rings. The van der Waals surface area contributed by atoms with Crippen LogP contribution in [0.25, 0.3) is 6.08 Å². The summed E-state index contributed by atoms with van der Waals surface area (Å²) in [6.45, 7) is 7.74. The molecule has 2 heterocycles. The molecule has 1 saturated heterocycles. The monoisotopic (exact) mass is 474 g/mol. The van der Waals surface area contributed by atoms with Crippen LogP contribution in [0.3, 0.4) is 0 Å². The molecule has 5 nitrogen and oxygen atoms in total. The van der Waals surface area contributed by atoms with E-state index in [1.807, 2.05) is 56.3 Å². The number of carbonyl (C=O) groups excluding carboxylic acids is 1. The first-order valence-electron chi connectivity index (χ1n) is 11.5. The summed E-state index contributed by atoms with van der Waals surface area (Å²) in [5.41, 5.74) is 5.11. The van der Waals surface area contributed by atoms with Gasteiger partial charge >= 0.3 is 0 Å². The van der Waals surface area contributed by atoms with Gasteiger partial charge in [0.15, 0.2) is 5.76 Å². The van der Waals surface area contributed by atoms with Crippen molar-refractivity contribution in [2.24, 2.45) is 0 Å². The number of hydrogen-bond acceptors (Lipinski definition) is 5. The molecule has 3 aromatic rings. The van der Waals surface area contributed by atoms with E-state index >= 15 is 0 Å². The molecule has 0 saturated carbocycles. The lowest BCUT2D eigenvalue weighted by Gasteiger charge is -2.36. The fourth-order valence-corrected chi connectivity index (χ4v) is 4.79. The highest BCUT2D eigenvalue weighted by Crippen LogP contribution is 2.42. The fraction of sp³-hybridized carbons (Fsp3) is 0.250. The number of halogens is 1. The maximum absolute atomic E-state index is 13.2. The van der Waals surface area contributed by atoms with Crippen LogP contribution < -0.4 is 9.64 Å². The Kier molecular flexibility index (Phi) is 6.07. The van der Waals surface area contributed by atoms with Crippen molar-refractivity contribution in [2.75, 3.05) is 31.1 Å². The topological polar surface area (TPSA) is 53.0 Å². The van der Waals surface area contributed by atoms with E-state index in [0.717, 1.165) is 53.6 Å². The number of benzene rings is 3. The van der Waals surface area contributed by atoms with E-state index < -0.39 is 0 Å². The number of allylic oxidation sites excluding steroid dienone is 1. The highest BCUT2D eigenvalue weighted by atomic mass is 35.5. The number of anilines is 1. The van der Waals surface area contributed by atoms with E-state index in [-0.39, 0.29) is 11.5 Å². The molecule has 2 aliphatic heterocycles. The Hall–Kier alpha value is -3.28.